The molecule has 0 saturated carbocycles. The number of rotatable bonds is 6. The van der Waals surface area contributed by atoms with Crippen LogP contribution in [0.5, 0.6) is 0 Å². The van der Waals surface area contributed by atoms with Gasteiger partial charge in [-0.25, -0.2) is 0 Å². The maximum atomic E-state index is 3.82. The second-order valence-electron chi connectivity index (χ2n) is 7.00. The summed E-state index contributed by atoms with van der Waals surface area (Å²) in [5.74, 6) is 0.734. The minimum absolute atomic E-state index is 0.359. The first-order valence-corrected chi connectivity index (χ1v) is 8.62. The molecule has 1 aromatic rings. The first kappa shape index (κ1) is 16.5. The Bertz CT molecular complexity index is 409. The number of nitrogens with one attached hydrogen (secondary N) is 1. The van der Waals surface area contributed by atoms with Crippen LogP contribution < -0.4 is 5.32 Å². The van der Waals surface area contributed by atoms with Gasteiger partial charge in [0, 0.05) is 31.2 Å². The number of piperazine rings is 1. The van der Waals surface area contributed by atoms with Crippen LogP contribution in [0.4, 0.5) is 0 Å². The summed E-state index contributed by atoms with van der Waals surface area (Å²) >= 11 is 0. The second-order valence-corrected chi connectivity index (χ2v) is 7.00. The predicted octanol–water partition coefficient (Wildman–Crippen LogP) is 3.72. The predicted molar refractivity (Wildman–Crippen MR) is 91.7 cm³/mol. The molecule has 1 aliphatic heterocycles. The molecule has 2 nitrogen and oxygen atoms in total. The van der Waals surface area contributed by atoms with E-state index >= 15 is 0 Å². The van der Waals surface area contributed by atoms with Crippen molar-refractivity contribution in [3.63, 3.8) is 0 Å². The molecule has 2 rings (SSSR count). The van der Waals surface area contributed by atoms with Crippen LogP contribution in [0.3, 0.4) is 0 Å². The zero-order chi connectivity index (χ0) is 15.3. The van der Waals surface area contributed by atoms with E-state index in [9.17, 15) is 0 Å². The highest BCUT2D eigenvalue weighted by Crippen LogP contribution is 2.28. The van der Waals surface area contributed by atoms with E-state index in [-0.39, 0.29) is 0 Å². The summed E-state index contributed by atoms with van der Waals surface area (Å²) in [6.45, 7) is 12.9. The van der Waals surface area contributed by atoms with Gasteiger partial charge >= 0.3 is 0 Å². The van der Waals surface area contributed by atoms with Crippen molar-refractivity contribution >= 4 is 0 Å². The molecule has 0 radical (unpaired) electrons. The van der Waals surface area contributed by atoms with Crippen molar-refractivity contribution in [2.24, 2.45) is 5.92 Å². The van der Waals surface area contributed by atoms with Gasteiger partial charge in [-0.2, -0.15) is 0 Å². The van der Waals surface area contributed by atoms with Gasteiger partial charge < -0.3 is 5.32 Å². The van der Waals surface area contributed by atoms with Crippen LogP contribution >= 0.6 is 0 Å². The summed E-state index contributed by atoms with van der Waals surface area (Å²) in [7, 11) is 0. The van der Waals surface area contributed by atoms with Gasteiger partial charge in [-0.05, 0) is 30.7 Å². The van der Waals surface area contributed by atoms with Gasteiger partial charge in [-0.3, -0.25) is 4.90 Å². The molecule has 0 bridgehead atoms. The number of nitrogens with zero attached hydrogens (tertiary/aromatic N) is 1. The molecule has 1 aromatic carbocycles. The molecule has 1 aliphatic rings. The first-order valence-electron chi connectivity index (χ1n) is 8.62. The van der Waals surface area contributed by atoms with Crippen molar-refractivity contribution < 1.29 is 0 Å². The molecule has 1 heterocycles. The molecule has 0 aromatic heterocycles. The molecule has 21 heavy (non-hydrogen) atoms. The monoisotopic (exact) mass is 288 g/mol. The molecule has 0 aliphatic carbocycles. The van der Waals surface area contributed by atoms with Gasteiger partial charge in [0.1, 0.15) is 0 Å². The molecule has 1 saturated heterocycles. The van der Waals surface area contributed by atoms with Crippen molar-refractivity contribution in [1.29, 1.82) is 0 Å². The van der Waals surface area contributed by atoms with Gasteiger partial charge in [0.2, 0.25) is 0 Å². The number of hydrogen-bond donors (Lipinski definition) is 1. The van der Waals surface area contributed by atoms with Crippen molar-refractivity contribution in [3.8, 4) is 0 Å². The maximum absolute atomic E-state index is 3.82. The fraction of sp³-hybridized carbons (Fsp3) is 0.684. The van der Waals surface area contributed by atoms with Crippen LogP contribution in [0.2, 0.25) is 0 Å². The van der Waals surface area contributed by atoms with Gasteiger partial charge in [0.25, 0.3) is 0 Å². The molecule has 118 valence electrons. The Hall–Kier alpha value is -0.860. The van der Waals surface area contributed by atoms with Crippen LogP contribution in [0.15, 0.2) is 30.3 Å². The molecule has 1 unspecified atom stereocenters. The lowest BCUT2D eigenvalue weighted by Crippen LogP contribution is -2.65. The van der Waals surface area contributed by atoms with Crippen LogP contribution in [-0.2, 0) is 6.42 Å². The summed E-state index contributed by atoms with van der Waals surface area (Å²) in [6, 6.07) is 11.5. The number of benzene rings is 1. The molecular formula is C19H32N2. The van der Waals surface area contributed by atoms with Gasteiger partial charge in [-0.15, -0.1) is 0 Å². The third-order valence-electron chi connectivity index (χ3n) is 5.06. The Morgan fingerprint density at radius 2 is 1.86 bits per heavy atom. The first-order chi connectivity index (χ1) is 10.1. The maximum Gasteiger partial charge on any atom is 0.0329 e. The normalized spacial score (nSPS) is 22.6. The van der Waals surface area contributed by atoms with E-state index in [1.54, 1.807) is 0 Å². The summed E-state index contributed by atoms with van der Waals surface area (Å²) in [4.78, 5) is 2.77. The quantitative estimate of drug-likeness (QED) is 0.858. The summed E-state index contributed by atoms with van der Waals surface area (Å²) in [5.41, 5.74) is 1.80. The third kappa shape index (κ3) is 4.08. The summed E-state index contributed by atoms with van der Waals surface area (Å²) in [5, 5.41) is 3.82. The van der Waals surface area contributed by atoms with Crippen LogP contribution in [0.1, 0.15) is 46.1 Å². The highest BCUT2D eigenvalue weighted by molar-refractivity contribution is 5.16. The number of hydrogen-bond acceptors (Lipinski definition) is 2. The molecule has 1 fully saturated rings. The van der Waals surface area contributed by atoms with Crippen molar-refractivity contribution in [3.05, 3.63) is 35.9 Å². The third-order valence-corrected chi connectivity index (χ3v) is 5.06. The fourth-order valence-corrected chi connectivity index (χ4v) is 3.66. The molecular weight excluding hydrogens is 256 g/mol. The van der Waals surface area contributed by atoms with E-state index in [4.69, 9.17) is 0 Å². The van der Waals surface area contributed by atoms with E-state index in [0.29, 0.717) is 11.6 Å². The topological polar surface area (TPSA) is 15.3 Å². The van der Waals surface area contributed by atoms with Crippen molar-refractivity contribution in [1.82, 2.24) is 10.2 Å². The standard InChI is InChI=1S/C19H32N2/c1-5-19(6-2)15-20-18(14-21(19)13-16(3)4)12-17-10-8-7-9-11-17/h7-11,16,18,20H,5-6,12-15H2,1-4H3. The molecule has 1 N–H and O–H groups in total. The minimum atomic E-state index is 0.359. The smallest absolute Gasteiger partial charge is 0.0329 e. The van der Waals surface area contributed by atoms with E-state index in [1.807, 2.05) is 0 Å². The van der Waals surface area contributed by atoms with Gasteiger partial charge in [0.05, 0.1) is 0 Å². The van der Waals surface area contributed by atoms with Crippen LogP contribution in [0.25, 0.3) is 0 Å². The fourth-order valence-electron chi connectivity index (χ4n) is 3.66. The zero-order valence-corrected chi connectivity index (χ0v) is 14.2. The Balaban J connectivity index is 2.05. The summed E-state index contributed by atoms with van der Waals surface area (Å²) < 4.78 is 0. The minimum Gasteiger partial charge on any atom is -0.311 e. The Morgan fingerprint density at radius 1 is 1.19 bits per heavy atom. The van der Waals surface area contributed by atoms with Crippen molar-refractivity contribution in [2.75, 3.05) is 19.6 Å². The van der Waals surface area contributed by atoms with Crippen molar-refractivity contribution in [2.45, 2.75) is 58.5 Å². The largest absolute Gasteiger partial charge is 0.311 e. The average molecular weight is 288 g/mol. The molecule has 2 heteroatoms. The average Bonchev–Trinajstić information content (AvgIpc) is 2.49. The SMILES string of the molecule is CCC1(CC)CNC(Cc2ccccc2)CN1CC(C)C. The van der Waals surface area contributed by atoms with Gasteiger partial charge in [0.15, 0.2) is 0 Å². The van der Waals surface area contributed by atoms with E-state index in [1.165, 1.54) is 31.5 Å². The Labute approximate surface area is 130 Å². The summed E-state index contributed by atoms with van der Waals surface area (Å²) in [6.07, 6.45) is 3.61. The van der Waals surface area contributed by atoms with E-state index in [2.05, 4.69) is 68.2 Å². The lowest BCUT2D eigenvalue weighted by atomic mass is 9.85. The molecule has 1 atom stereocenters. The molecule has 0 amide bonds. The Kier molecular flexibility index (Phi) is 5.83. The second kappa shape index (κ2) is 7.42. The highest BCUT2D eigenvalue weighted by Gasteiger charge is 2.38. The Morgan fingerprint density at radius 3 is 2.43 bits per heavy atom. The lowest BCUT2D eigenvalue weighted by Gasteiger charge is -2.50. The lowest BCUT2D eigenvalue weighted by molar-refractivity contribution is 0.0224. The van der Waals surface area contributed by atoms with Gasteiger partial charge in [-0.1, -0.05) is 58.0 Å². The zero-order valence-electron chi connectivity index (χ0n) is 14.2. The van der Waals surface area contributed by atoms with Crippen LogP contribution in [0, 0.1) is 5.92 Å². The van der Waals surface area contributed by atoms with E-state index < -0.39 is 0 Å². The van der Waals surface area contributed by atoms with Crippen LogP contribution in [-0.4, -0.2) is 36.1 Å². The van der Waals surface area contributed by atoms with E-state index in [0.717, 1.165) is 18.9 Å². The molecule has 0 spiro atoms. The highest BCUT2D eigenvalue weighted by atomic mass is 15.3.